The third-order valence-corrected chi connectivity index (χ3v) is 7.57. The Hall–Kier alpha value is -5.65. The number of hydrogen-bond acceptors (Lipinski definition) is 14. The van der Waals surface area contributed by atoms with Gasteiger partial charge in [0.15, 0.2) is 11.4 Å². The van der Waals surface area contributed by atoms with Crippen LogP contribution in [0.1, 0.15) is 34.8 Å². The molecule has 8 heterocycles. The minimum absolute atomic E-state index is 0.201. The topological polar surface area (TPSA) is 212 Å². The molecule has 8 rings (SSSR count). The summed E-state index contributed by atoms with van der Waals surface area (Å²) in [6.07, 6.45) is 9.67. The number of H-pyrrole nitrogens is 4. The molecule has 1 aliphatic rings. The summed E-state index contributed by atoms with van der Waals surface area (Å²) in [5, 5.41) is 40.9. The van der Waals surface area contributed by atoms with Crippen molar-refractivity contribution in [3.63, 3.8) is 0 Å². The highest BCUT2D eigenvalue weighted by Crippen LogP contribution is 2.64. The van der Waals surface area contributed by atoms with E-state index >= 15 is 0 Å². The predicted octanol–water partition coefficient (Wildman–Crippen LogP) is 1.71. The zero-order valence-electron chi connectivity index (χ0n) is 20.1. The van der Waals surface area contributed by atoms with Crippen LogP contribution in [-0.4, -0.2) is 65.7 Å². The van der Waals surface area contributed by atoms with Gasteiger partial charge in [0.1, 0.15) is 30.1 Å². The first-order valence-corrected chi connectivity index (χ1v) is 12.7. The minimum Gasteiger partial charge on any atom is -0.445 e. The van der Waals surface area contributed by atoms with Crippen LogP contribution in [-0.2, 0) is 11.2 Å². The predicted molar refractivity (Wildman–Crippen MR) is 134 cm³/mol. The molecule has 0 saturated carbocycles. The van der Waals surface area contributed by atoms with Gasteiger partial charge in [0.05, 0.1) is 18.1 Å². The van der Waals surface area contributed by atoms with Crippen LogP contribution < -0.4 is 9.80 Å². The number of oxazole rings is 1. The molecule has 1 fully saturated rings. The Balaban J connectivity index is 1.62. The smallest absolute Gasteiger partial charge is 0.261 e. The summed E-state index contributed by atoms with van der Waals surface area (Å²) in [6, 6.07) is 8.68. The molecule has 1 aliphatic heterocycles. The van der Waals surface area contributed by atoms with Crippen molar-refractivity contribution in [3.05, 3.63) is 102 Å². The van der Waals surface area contributed by atoms with Crippen LogP contribution in [0.25, 0.3) is 0 Å². The van der Waals surface area contributed by atoms with Crippen molar-refractivity contribution in [2.24, 2.45) is 0 Å². The van der Waals surface area contributed by atoms with E-state index in [-0.39, 0.29) is 11.7 Å². The average Bonchev–Trinajstić information content (AvgIpc) is 3.85. The van der Waals surface area contributed by atoms with Gasteiger partial charge in [-0.3, -0.25) is 10.00 Å². The summed E-state index contributed by atoms with van der Waals surface area (Å²) in [6.45, 7) is 0. The zero-order chi connectivity index (χ0) is 26.6. The van der Waals surface area contributed by atoms with Gasteiger partial charge in [-0.05, 0) is 41.0 Å². The Kier molecular flexibility index (Phi) is 4.71. The summed E-state index contributed by atoms with van der Waals surface area (Å²) >= 11 is 1.28. The fourth-order valence-electron chi connectivity index (χ4n) is 5.75. The molecule has 0 bridgehead atoms. The largest absolute Gasteiger partial charge is 0.445 e. The molecule has 40 heavy (non-hydrogen) atoms. The summed E-state index contributed by atoms with van der Waals surface area (Å²) in [5.74, 6) is 1.37. The maximum atomic E-state index is 6.12. The van der Waals surface area contributed by atoms with Crippen molar-refractivity contribution in [2.45, 2.75) is 17.2 Å². The molecule has 18 heteroatoms. The van der Waals surface area contributed by atoms with Crippen molar-refractivity contribution in [2.75, 3.05) is 9.80 Å². The van der Waals surface area contributed by atoms with Crippen molar-refractivity contribution < 1.29 is 8.94 Å². The minimum atomic E-state index is -1.57. The lowest BCUT2D eigenvalue weighted by atomic mass is 9.81. The highest BCUT2D eigenvalue weighted by molar-refractivity contribution is 7.03. The molecular weight excluding hydrogens is 538 g/mol. The summed E-state index contributed by atoms with van der Waals surface area (Å²) < 4.78 is 16.3. The third kappa shape index (κ3) is 2.76. The number of aromatic amines is 4. The molecule has 0 amide bonds. The van der Waals surface area contributed by atoms with Crippen molar-refractivity contribution in [1.82, 2.24) is 65.7 Å². The fourth-order valence-corrected chi connectivity index (χ4v) is 6.25. The number of rotatable bonds is 7. The van der Waals surface area contributed by atoms with Crippen molar-refractivity contribution in [1.29, 1.82) is 0 Å². The molecule has 0 aliphatic carbocycles. The second-order valence-electron chi connectivity index (χ2n) is 8.79. The maximum Gasteiger partial charge on any atom is 0.261 e. The second kappa shape index (κ2) is 8.43. The molecule has 0 spiro atoms. The molecule has 1 saturated heterocycles. The Morgan fingerprint density at radius 1 is 1.00 bits per heavy atom. The first-order chi connectivity index (χ1) is 19.9. The molecule has 3 atom stereocenters. The third-order valence-electron chi connectivity index (χ3n) is 7.02. The van der Waals surface area contributed by atoms with Gasteiger partial charge in [0, 0.05) is 29.5 Å². The van der Waals surface area contributed by atoms with E-state index in [1.807, 2.05) is 45.6 Å². The van der Waals surface area contributed by atoms with E-state index in [2.05, 4.69) is 61.4 Å². The number of nitrogens with one attached hydrogen (secondary N) is 4. The Bertz CT molecular complexity index is 1580. The van der Waals surface area contributed by atoms with E-state index in [9.17, 15) is 0 Å². The standard InChI is InChI=1S/C22H17N15O2S/c1-2-13(23-6-1)18-21(14-3-7-25-27-14,15-12-26-33-28-15)37(17-5-11-40-32-17)22(19-29-34-35-30-19,20-24-8-10-38-20)36(18)16-4-9-39-31-16/h1-12,18,23H,(H,25,27)(H,26,28,33)(H,29,30,34,35). The van der Waals surface area contributed by atoms with E-state index in [1.165, 1.54) is 24.1 Å². The molecule has 198 valence electrons. The first-order valence-electron chi connectivity index (χ1n) is 11.9. The Morgan fingerprint density at radius 3 is 2.65 bits per heavy atom. The number of anilines is 2. The van der Waals surface area contributed by atoms with Gasteiger partial charge in [-0.15, -0.1) is 10.2 Å². The number of nitrogens with zero attached hydrogens (tertiary/aromatic N) is 11. The van der Waals surface area contributed by atoms with Crippen LogP contribution in [0.15, 0.2) is 82.0 Å². The summed E-state index contributed by atoms with van der Waals surface area (Å²) in [5.41, 5.74) is -0.885. The van der Waals surface area contributed by atoms with E-state index in [0.29, 0.717) is 23.0 Å². The molecule has 0 radical (unpaired) electrons. The number of tetrazole rings is 1. The average molecular weight is 556 g/mol. The lowest BCUT2D eigenvalue weighted by Gasteiger charge is -2.42. The quantitative estimate of drug-likeness (QED) is 0.221. The maximum absolute atomic E-state index is 6.12. The second-order valence-corrected chi connectivity index (χ2v) is 9.45. The first kappa shape index (κ1) is 22.3. The SMILES string of the molecule is c1c[nH]c(C2N(c3ccon3)C(c3nn[nH]n3)(c3ncco3)N(c3ccsn3)C2(c2cn[nH]n2)c2ccn[nH]2)c1. The van der Waals surface area contributed by atoms with Crippen molar-refractivity contribution >= 4 is 23.2 Å². The van der Waals surface area contributed by atoms with Gasteiger partial charge in [0.2, 0.25) is 11.7 Å². The zero-order valence-corrected chi connectivity index (χ0v) is 21.0. The summed E-state index contributed by atoms with van der Waals surface area (Å²) in [4.78, 5) is 12.0. The van der Waals surface area contributed by atoms with Crippen LogP contribution in [0.2, 0.25) is 0 Å². The van der Waals surface area contributed by atoms with E-state index in [4.69, 9.17) is 13.3 Å². The molecule has 0 aromatic carbocycles. The highest BCUT2D eigenvalue weighted by Gasteiger charge is 2.74. The van der Waals surface area contributed by atoms with Gasteiger partial charge < -0.3 is 18.8 Å². The molecule has 7 aromatic heterocycles. The molecule has 4 N–H and O–H groups in total. The van der Waals surface area contributed by atoms with Gasteiger partial charge in [0.25, 0.3) is 5.66 Å². The van der Waals surface area contributed by atoms with Crippen LogP contribution >= 0.6 is 11.5 Å². The monoisotopic (exact) mass is 555 g/mol. The number of hydrogen-bond donors (Lipinski definition) is 4. The van der Waals surface area contributed by atoms with Gasteiger partial charge in [-0.1, -0.05) is 5.16 Å². The lowest BCUT2D eigenvalue weighted by Crippen LogP contribution is -2.57. The van der Waals surface area contributed by atoms with E-state index in [1.54, 1.807) is 24.7 Å². The lowest BCUT2D eigenvalue weighted by molar-refractivity contribution is 0.339. The Morgan fingerprint density at radius 2 is 2.00 bits per heavy atom. The van der Waals surface area contributed by atoms with Gasteiger partial charge >= 0.3 is 0 Å². The molecule has 3 unspecified atom stereocenters. The van der Waals surface area contributed by atoms with Gasteiger partial charge in [-0.2, -0.15) is 30.1 Å². The van der Waals surface area contributed by atoms with Crippen LogP contribution in [0.5, 0.6) is 0 Å². The van der Waals surface area contributed by atoms with E-state index < -0.39 is 17.2 Å². The van der Waals surface area contributed by atoms with Crippen LogP contribution in [0, 0.1) is 0 Å². The molecular formula is C22H17N15O2S. The Labute approximate surface area is 226 Å². The highest BCUT2D eigenvalue weighted by atomic mass is 32.1. The van der Waals surface area contributed by atoms with Gasteiger partial charge in [-0.25, -0.2) is 4.98 Å². The normalized spacial score (nSPS) is 22.9. The number of aromatic nitrogens is 13. The molecule has 7 aromatic rings. The van der Waals surface area contributed by atoms with E-state index in [0.717, 1.165) is 5.69 Å². The summed E-state index contributed by atoms with van der Waals surface area (Å²) in [7, 11) is 0. The van der Waals surface area contributed by atoms with Crippen LogP contribution in [0.3, 0.4) is 0 Å². The van der Waals surface area contributed by atoms with Crippen molar-refractivity contribution in [3.8, 4) is 0 Å². The van der Waals surface area contributed by atoms with Crippen LogP contribution in [0.4, 0.5) is 11.6 Å². The fraction of sp³-hybridized carbons (Fsp3) is 0.136. The molecule has 17 nitrogen and oxygen atoms in total.